The first-order valence-electron chi connectivity index (χ1n) is 8.58. The molecule has 25 heavy (non-hydrogen) atoms. The smallest absolute Gasteiger partial charge is 0.174 e. The molecule has 0 saturated carbocycles. The molecule has 2 aromatic carbocycles. The normalized spacial score (nSPS) is 23.6. The molecule has 2 aliphatic rings. The van der Waals surface area contributed by atoms with E-state index in [2.05, 4.69) is 70.7 Å². The van der Waals surface area contributed by atoms with Gasteiger partial charge in [0, 0.05) is 11.6 Å². The lowest BCUT2D eigenvalue weighted by atomic mass is 9.76. The molecular weight excluding hydrogens is 378 g/mol. The predicted octanol–water partition coefficient (Wildman–Crippen LogP) is 5.60. The van der Waals surface area contributed by atoms with E-state index >= 15 is 0 Å². The van der Waals surface area contributed by atoms with E-state index in [-0.39, 0.29) is 6.04 Å². The molecule has 0 amide bonds. The first kappa shape index (κ1) is 16.5. The highest BCUT2D eigenvalue weighted by molar-refractivity contribution is 9.10. The third kappa shape index (κ3) is 2.63. The zero-order valence-electron chi connectivity index (χ0n) is 14.7. The molecule has 1 aliphatic carbocycles. The van der Waals surface area contributed by atoms with E-state index in [1.165, 1.54) is 22.4 Å². The van der Waals surface area contributed by atoms with Gasteiger partial charge in [-0.3, -0.25) is 0 Å². The summed E-state index contributed by atoms with van der Waals surface area (Å²) in [6.07, 6.45) is 5.77. The fraction of sp³-hybridized carbons (Fsp3) is 0.333. The van der Waals surface area contributed by atoms with Crippen LogP contribution in [0.3, 0.4) is 0 Å². The summed E-state index contributed by atoms with van der Waals surface area (Å²) >= 11 is 3.64. The number of hydrogen-bond acceptors (Lipinski definition) is 3. The van der Waals surface area contributed by atoms with E-state index < -0.39 is 0 Å². The molecule has 0 fully saturated rings. The number of fused-ring (bicyclic) bond motifs is 3. The van der Waals surface area contributed by atoms with Crippen molar-refractivity contribution in [1.82, 2.24) is 0 Å². The molecule has 3 nitrogen and oxygen atoms in total. The van der Waals surface area contributed by atoms with E-state index in [4.69, 9.17) is 9.47 Å². The van der Waals surface area contributed by atoms with Crippen LogP contribution in [-0.4, -0.2) is 14.2 Å². The van der Waals surface area contributed by atoms with Crippen LogP contribution in [-0.2, 0) is 0 Å². The Morgan fingerprint density at radius 2 is 2.00 bits per heavy atom. The summed E-state index contributed by atoms with van der Waals surface area (Å²) in [6, 6.07) is 11.1. The number of rotatable bonds is 3. The van der Waals surface area contributed by atoms with Gasteiger partial charge in [-0.2, -0.15) is 0 Å². The number of nitrogens with one attached hydrogen (secondary N) is 1. The first-order valence-corrected chi connectivity index (χ1v) is 9.37. The fourth-order valence-corrected chi connectivity index (χ4v) is 4.85. The van der Waals surface area contributed by atoms with Gasteiger partial charge < -0.3 is 14.8 Å². The van der Waals surface area contributed by atoms with Crippen molar-refractivity contribution in [3.05, 3.63) is 63.6 Å². The highest BCUT2D eigenvalue weighted by Crippen LogP contribution is 2.51. The number of ether oxygens (including phenoxy) is 2. The van der Waals surface area contributed by atoms with Crippen LogP contribution in [0.4, 0.5) is 5.69 Å². The molecule has 1 heterocycles. The summed E-state index contributed by atoms with van der Waals surface area (Å²) in [6.45, 7) is 2.17. The van der Waals surface area contributed by atoms with Crippen molar-refractivity contribution in [1.29, 1.82) is 0 Å². The highest BCUT2D eigenvalue weighted by atomic mass is 79.9. The Morgan fingerprint density at radius 3 is 2.76 bits per heavy atom. The van der Waals surface area contributed by atoms with E-state index in [9.17, 15) is 0 Å². The third-order valence-electron chi connectivity index (χ3n) is 5.42. The Labute approximate surface area is 157 Å². The molecule has 4 heteroatoms. The summed E-state index contributed by atoms with van der Waals surface area (Å²) in [4.78, 5) is 0. The molecule has 2 aromatic rings. The van der Waals surface area contributed by atoms with Gasteiger partial charge in [-0.25, -0.2) is 0 Å². The van der Waals surface area contributed by atoms with E-state index in [1.54, 1.807) is 14.2 Å². The molecule has 4 rings (SSSR count). The van der Waals surface area contributed by atoms with Gasteiger partial charge in [-0.15, -0.1) is 0 Å². The van der Waals surface area contributed by atoms with Crippen LogP contribution < -0.4 is 14.8 Å². The number of aryl methyl sites for hydroxylation is 1. The van der Waals surface area contributed by atoms with Gasteiger partial charge in [0.05, 0.1) is 24.7 Å². The molecular formula is C21H22BrNO2. The predicted molar refractivity (Wildman–Crippen MR) is 105 cm³/mol. The zero-order valence-corrected chi connectivity index (χ0v) is 16.3. The van der Waals surface area contributed by atoms with Crippen LogP contribution in [0.2, 0.25) is 0 Å². The number of benzene rings is 2. The Kier molecular flexibility index (Phi) is 4.24. The van der Waals surface area contributed by atoms with Crippen molar-refractivity contribution in [2.24, 2.45) is 5.92 Å². The van der Waals surface area contributed by atoms with Crippen molar-refractivity contribution in [3.8, 4) is 11.5 Å². The Balaban J connectivity index is 1.82. The lowest BCUT2D eigenvalue weighted by molar-refractivity contribution is 0.351. The number of halogens is 1. The molecule has 0 radical (unpaired) electrons. The second-order valence-corrected chi connectivity index (χ2v) is 7.61. The van der Waals surface area contributed by atoms with Crippen LogP contribution in [0, 0.1) is 12.8 Å². The Morgan fingerprint density at radius 1 is 1.16 bits per heavy atom. The minimum Gasteiger partial charge on any atom is -0.493 e. The zero-order chi connectivity index (χ0) is 17.6. The van der Waals surface area contributed by atoms with Crippen molar-refractivity contribution < 1.29 is 9.47 Å². The SMILES string of the molecule is COc1cc([C@H]2Nc3c(C)cccc3C3C=CCC32)cc(Br)c1OC. The molecule has 0 spiro atoms. The Bertz CT molecular complexity index is 846. The Hall–Kier alpha value is -1.94. The fourth-order valence-electron chi connectivity index (χ4n) is 4.23. The summed E-state index contributed by atoms with van der Waals surface area (Å²) in [5, 5.41) is 3.81. The van der Waals surface area contributed by atoms with Crippen LogP contribution in [0.1, 0.15) is 35.1 Å². The molecule has 130 valence electrons. The minimum absolute atomic E-state index is 0.240. The van der Waals surface area contributed by atoms with Crippen LogP contribution in [0.5, 0.6) is 11.5 Å². The number of hydrogen-bond donors (Lipinski definition) is 1. The van der Waals surface area contributed by atoms with Gasteiger partial charge in [-0.05, 0) is 64.0 Å². The van der Waals surface area contributed by atoms with Crippen LogP contribution in [0.15, 0.2) is 47.0 Å². The van der Waals surface area contributed by atoms with Gasteiger partial charge in [-0.1, -0.05) is 30.4 Å². The average molecular weight is 400 g/mol. The maximum absolute atomic E-state index is 5.55. The van der Waals surface area contributed by atoms with Gasteiger partial charge in [0.25, 0.3) is 0 Å². The lowest BCUT2D eigenvalue weighted by Gasteiger charge is -2.38. The molecule has 0 bridgehead atoms. The largest absolute Gasteiger partial charge is 0.493 e. The second kappa shape index (κ2) is 6.41. The number of para-hydroxylation sites is 1. The summed E-state index contributed by atoms with van der Waals surface area (Å²) < 4.78 is 11.9. The molecule has 0 aromatic heterocycles. The molecule has 3 atom stereocenters. The maximum Gasteiger partial charge on any atom is 0.174 e. The quantitative estimate of drug-likeness (QED) is 0.681. The standard InChI is InChI=1S/C21H22BrNO2/c1-12-6-4-8-15-14-7-5-9-16(14)20(23-19(12)15)13-10-17(22)21(25-3)18(11-13)24-2/h4-8,10-11,14,16,20,23H,9H2,1-3H3/t14?,16?,20-/m1/s1. The average Bonchev–Trinajstić information content (AvgIpc) is 3.10. The number of anilines is 1. The van der Waals surface area contributed by atoms with E-state index in [1.807, 2.05) is 0 Å². The highest BCUT2D eigenvalue weighted by Gasteiger charge is 2.38. The molecule has 2 unspecified atom stereocenters. The topological polar surface area (TPSA) is 30.5 Å². The van der Waals surface area contributed by atoms with Crippen molar-refractivity contribution in [2.45, 2.75) is 25.3 Å². The molecule has 1 aliphatic heterocycles. The van der Waals surface area contributed by atoms with Crippen molar-refractivity contribution in [2.75, 3.05) is 19.5 Å². The lowest BCUT2D eigenvalue weighted by Crippen LogP contribution is -2.29. The number of methoxy groups -OCH3 is 2. The number of allylic oxidation sites excluding steroid dienone is 2. The minimum atomic E-state index is 0.240. The molecule has 1 N–H and O–H groups in total. The molecule has 0 saturated heterocycles. The van der Waals surface area contributed by atoms with Gasteiger partial charge in [0.15, 0.2) is 11.5 Å². The van der Waals surface area contributed by atoms with Crippen molar-refractivity contribution in [3.63, 3.8) is 0 Å². The van der Waals surface area contributed by atoms with Crippen LogP contribution in [0.25, 0.3) is 0 Å². The third-order valence-corrected chi connectivity index (χ3v) is 6.01. The summed E-state index contributed by atoms with van der Waals surface area (Å²) in [5.74, 6) is 2.47. The van der Waals surface area contributed by atoms with Crippen molar-refractivity contribution >= 4 is 21.6 Å². The maximum atomic E-state index is 5.55. The monoisotopic (exact) mass is 399 g/mol. The summed E-state index contributed by atoms with van der Waals surface area (Å²) in [7, 11) is 3.35. The van der Waals surface area contributed by atoms with E-state index in [0.29, 0.717) is 11.8 Å². The first-order chi connectivity index (χ1) is 12.1. The van der Waals surface area contributed by atoms with Gasteiger partial charge in [0.2, 0.25) is 0 Å². The van der Waals surface area contributed by atoms with Crippen LogP contribution >= 0.6 is 15.9 Å². The van der Waals surface area contributed by atoms with E-state index in [0.717, 1.165) is 22.4 Å². The van der Waals surface area contributed by atoms with Gasteiger partial charge >= 0.3 is 0 Å². The summed E-state index contributed by atoms with van der Waals surface area (Å²) in [5.41, 5.74) is 5.19. The second-order valence-electron chi connectivity index (χ2n) is 6.75. The van der Waals surface area contributed by atoms with Gasteiger partial charge in [0.1, 0.15) is 0 Å².